The van der Waals surface area contributed by atoms with Crippen LogP contribution in [0.5, 0.6) is 0 Å². The van der Waals surface area contributed by atoms with Gasteiger partial charge in [0.05, 0.1) is 6.10 Å². The normalized spacial score (nSPS) is 12.5. The second-order valence-corrected chi connectivity index (χ2v) is 3.38. The van der Waals surface area contributed by atoms with Gasteiger partial charge in [-0.2, -0.15) is 0 Å². The molecule has 0 aliphatic heterocycles. The highest BCUT2D eigenvalue weighted by Gasteiger charge is 2.05. The number of anilines is 2. The molecular formula is C10H18N4O. The minimum Gasteiger partial charge on any atom is -0.383 e. The van der Waals surface area contributed by atoms with E-state index in [2.05, 4.69) is 15.3 Å². The van der Waals surface area contributed by atoms with E-state index in [1.807, 2.05) is 20.8 Å². The summed E-state index contributed by atoms with van der Waals surface area (Å²) < 4.78 is 5.40. The zero-order valence-corrected chi connectivity index (χ0v) is 9.45. The monoisotopic (exact) mass is 210 g/mol. The van der Waals surface area contributed by atoms with E-state index in [9.17, 15) is 0 Å². The minimum atomic E-state index is 0.158. The summed E-state index contributed by atoms with van der Waals surface area (Å²) in [5.41, 5.74) is 6.54. The van der Waals surface area contributed by atoms with Gasteiger partial charge in [-0.25, -0.2) is 9.97 Å². The average Bonchev–Trinajstić information content (AvgIpc) is 2.21. The SMILES string of the molecule is CCOC(C)CNc1ncnc(N)c1C. The second kappa shape index (κ2) is 5.50. The lowest BCUT2D eigenvalue weighted by Gasteiger charge is -2.14. The Morgan fingerprint density at radius 2 is 2.27 bits per heavy atom. The number of aromatic nitrogens is 2. The molecule has 5 nitrogen and oxygen atoms in total. The van der Waals surface area contributed by atoms with E-state index in [4.69, 9.17) is 10.5 Å². The Morgan fingerprint density at radius 3 is 2.93 bits per heavy atom. The average molecular weight is 210 g/mol. The summed E-state index contributed by atoms with van der Waals surface area (Å²) >= 11 is 0. The van der Waals surface area contributed by atoms with Crippen LogP contribution in [0.4, 0.5) is 11.6 Å². The molecule has 0 spiro atoms. The minimum absolute atomic E-state index is 0.158. The van der Waals surface area contributed by atoms with Gasteiger partial charge in [-0.3, -0.25) is 0 Å². The van der Waals surface area contributed by atoms with Gasteiger partial charge in [0.25, 0.3) is 0 Å². The van der Waals surface area contributed by atoms with Gasteiger partial charge in [0.15, 0.2) is 0 Å². The van der Waals surface area contributed by atoms with Gasteiger partial charge in [-0.15, -0.1) is 0 Å². The lowest BCUT2D eigenvalue weighted by molar-refractivity contribution is 0.0855. The van der Waals surface area contributed by atoms with Crippen molar-refractivity contribution in [1.29, 1.82) is 0 Å². The summed E-state index contributed by atoms with van der Waals surface area (Å²) in [5.74, 6) is 1.28. The van der Waals surface area contributed by atoms with Crippen molar-refractivity contribution in [2.24, 2.45) is 0 Å². The van der Waals surface area contributed by atoms with Crippen molar-refractivity contribution < 1.29 is 4.74 Å². The van der Waals surface area contributed by atoms with Gasteiger partial charge < -0.3 is 15.8 Å². The van der Waals surface area contributed by atoms with E-state index < -0.39 is 0 Å². The Bertz CT molecular complexity index is 316. The highest BCUT2D eigenvalue weighted by atomic mass is 16.5. The molecule has 0 saturated heterocycles. The summed E-state index contributed by atoms with van der Waals surface area (Å²) in [6.45, 7) is 7.31. The molecule has 1 aromatic heterocycles. The maximum Gasteiger partial charge on any atom is 0.134 e. The third kappa shape index (κ3) is 3.36. The third-order valence-electron chi connectivity index (χ3n) is 2.13. The number of hydrogen-bond donors (Lipinski definition) is 2. The molecule has 15 heavy (non-hydrogen) atoms. The van der Waals surface area contributed by atoms with Crippen molar-refractivity contribution in [3.63, 3.8) is 0 Å². The van der Waals surface area contributed by atoms with Crippen LogP contribution < -0.4 is 11.1 Å². The van der Waals surface area contributed by atoms with Crippen molar-refractivity contribution >= 4 is 11.6 Å². The van der Waals surface area contributed by atoms with Crippen molar-refractivity contribution in [2.45, 2.75) is 26.9 Å². The van der Waals surface area contributed by atoms with E-state index in [0.717, 1.165) is 11.4 Å². The summed E-state index contributed by atoms with van der Waals surface area (Å²) in [7, 11) is 0. The summed E-state index contributed by atoms with van der Waals surface area (Å²) in [6.07, 6.45) is 1.61. The van der Waals surface area contributed by atoms with Crippen molar-refractivity contribution in [3.05, 3.63) is 11.9 Å². The molecule has 0 saturated carbocycles. The van der Waals surface area contributed by atoms with Crippen molar-refractivity contribution in [3.8, 4) is 0 Å². The van der Waals surface area contributed by atoms with Crippen LogP contribution in [0.3, 0.4) is 0 Å². The van der Waals surface area contributed by atoms with Gasteiger partial charge in [-0.1, -0.05) is 0 Å². The summed E-state index contributed by atoms with van der Waals surface area (Å²) in [4.78, 5) is 8.01. The fourth-order valence-corrected chi connectivity index (χ4v) is 1.23. The fraction of sp³-hybridized carbons (Fsp3) is 0.600. The van der Waals surface area contributed by atoms with Gasteiger partial charge in [-0.05, 0) is 20.8 Å². The number of nitrogens with zero attached hydrogens (tertiary/aromatic N) is 2. The first kappa shape index (κ1) is 11.7. The Labute approximate surface area is 90.1 Å². The molecule has 5 heteroatoms. The molecule has 0 bridgehead atoms. The molecule has 1 aromatic rings. The molecule has 0 aliphatic rings. The number of ether oxygens (including phenoxy) is 1. The van der Waals surface area contributed by atoms with Crippen LogP contribution >= 0.6 is 0 Å². The van der Waals surface area contributed by atoms with Gasteiger partial charge >= 0.3 is 0 Å². The smallest absolute Gasteiger partial charge is 0.134 e. The molecule has 0 aromatic carbocycles. The quantitative estimate of drug-likeness (QED) is 0.764. The highest BCUT2D eigenvalue weighted by Crippen LogP contribution is 2.14. The van der Waals surface area contributed by atoms with Crippen LogP contribution in [-0.2, 0) is 4.74 Å². The molecule has 1 unspecified atom stereocenters. The van der Waals surface area contributed by atoms with E-state index in [0.29, 0.717) is 19.0 Å². The van der Waals surface area contributed by atoms with Crippen LogP contribution in [0.1, 0.15) is 19.4 Å². The van der Waals surface area contributed by atoms with Gasteiger partial charge in [0.1, 0.15) is 18.0 Å². The second-order valence-electron chi connectivity index (χ2n) is 3.38. The molecule has 0 radical (unpaired) electrons. The van der Waals surface area contributed by atoms with Crippen LogP contribution in [0, 0.1) is 6.92 Å². The first-order chi connectivity index (χ1) is 7.15. The molecule has 0 aliphatic carbocycles. The van der Waals surface area contributed by atoms with Crippen LogP contribution in [-0.4, -0.2) is 29.2 Å². The molecule has 1 rings (SSSR count). The molecule has 0 amide bonds. The van der Waals surface area contributed by atoms with E-state index in [-0.39, 0.29) is 6.10 Å². The predicted octanol–water partition coefficient (Wildman–Crippen LogP) is 1.20. The fourth-order valence-electron chi connectivity index (χ4n) is 1.23. The predicted molar refractivity (Wildman–Crippen MR) is 60.8 cm³/mol. The van der Waals surface area contributed by atoms with Gasteiger partial charge in [0.2, 0.25) is 0 Å². The Balaban J connectivity index is 2.54. The van der Waals surface area contributed by atoms with Crippen LogP contribution in [0.2, 0.25) is 0 Å². The Hall–Kier alpha value is -1.36. The van der Waals surface area contributed by atoms with E-state index in [1.54, 1.807) is 0 Å². The van der Waals surface area contributed by atoms with E-state index >= 15 is 0 Å². The lowest BCUT2D eigenvalue weighted by atomic mass is 10.3. The zero-order chi connectivity index (χ0) is 11.3. The maximum atomic E-state index is 5.66. The number of hydrogen-bond acceptors (Lipinski definition) is 5. The van der Waals surface area contributed by atoms with Crippen molar-refractivity contribution in [2.75, 3.05) is 24.2 Å². The zero-order valence-electron chi connectivity index (χ0n) is 9.45. The van der Waals surface area contributed by atoms with Gasteiger partial charge in [0, 0.05) is 18.7 Å². The summed E-state index contributed by atoms with van der Waals surface area (Å²) in [5, 5.41) is 3.18. The van der Waals surface area contributed by atoms with Crippen LogP contribution in [0.15, 0.2) is 6.33 Å². The molecule has 84 valence electrons. The molecule has 1 atom stereocenters. The Morgan fingerprint density at radius 1 is 1.53 bits per heavy atom. The van der Waals surface area contributed by atoms with Crippen LogP contribution in [0.25, 0.3) is 0 Å². The number of nitrogen functional groups attached to an aromatic ring is 1. The molecule has 3 N–H and O–H groups in total. The maximum absolute atomic E-state index is 5.66. The topological polar surface area (TPSA) is 73.1 Å². The number of nitrogens with one attached hydrogen (secondary N) is 1. The standard InChI is InChI=1S/C10H18N4O/c1-4-15-7(2)5-12-10-8(3)9(11)13-6-14-10/h6-7H,4-5H2,1-3H3,(H3,11,12,13,14). The lowest BCUT2D eigenvalue weighted by Crippen LogP contribution is -2.21. The number of rotatable bonds is 5. The third-order valence-corrected chi connectivity index (χ3v) is 2.13. The highest BCUT2D eigenvalue weighted by molar-refractivity contribution is 5.53. The first-order valence-corrected chi connectivity index (χ1v) is 5.07. The number of nitrogens with two attached hydrogens (primary N) is 1. The largest absolute Gasteiger partial charge is 0.383 e. The first-order valence-electron chi connectivity index (χ1n) is 5.07. The summed E-state index contributed by atoms with van der Waals surface area (Å²) in [6, 6.07) is 0. The molecule has 1 heterocycles. The Kier molecular flexibility index (Phi) is 4.30. The molecule has 0 fully saturated rings. The van der Waals surface area contributed by atoms with E-state index in [1.165, 1.54) is 6.33 Å². The molecular weight excluding hydrogens is 192 g/mol. The van der Waals surface area contributed by atoms with Crippen molar-refractivity contribution in [1.82, 2.24) is 9.97 Å².